The van der Waals surface area contributed by atoms with Gasteiger partial charge in [-0.1, -0.05) is 0 Å². The Balaban J connectivity index is 3.23. The molecule has 1 aromatic rings. The van der Waals surface area contributed by atoms with Crippen molar-refractivity contribution >= 4 is 5.69 Å². The zero-order valence-corrected chi connectivity index (χ0v) is 8.31. The predicted molar refractivity (Wildman–Crippen MR) is 52.2 cm³/mol. The molecule has 0 aliphatic carbocycles. The first-order valence-corrected chi connectivity index (χ1v) is 4.31. The van der Waals surface area contributed by atoms with Crippen molar-refractivity contribution < 1.29 is 15.1 Å². The number of hydrogen-bond acceptors (Lipinski definition) is 7. The van der Waals surface area contributed by atoms with Crippen LogP contribution in [0.25, 0.3) is 0 Å². The number of rotatable bonds is 3. The van der Waals surface area contributed by atoms with E-state index in [-0.39, 0.29) is 5.56 Å². The van der Waals surface area contributed by atoms with Gasteiger partial charge in [0.25, 0.3) is 0 Å². The van der Waals surface area contributed by atoms with Crippen molar-refractivity contribution in [3.05, 3.63) is 33.6 Å². The lowest BCUT2D eigenvalue weighted by atomic mass is 10.1. The molecule has 0 bridgehead atoms. The van der Waals surface area contributed by atoms with Crippen LogP contribution in [0.2, 0.25) is 0 Å². The van der Waals surface area contributed by atoms with Gasteiger partial charge >= 0.3 is 5.69 Å². The van der Waals surface area contributed by atoms with Crippen LogP contribution < -0.4 is 0 Å². The maximum Gasteiger partial charge on any atom is 0.306 e. The van der Waals surface area contributed by atoms with Crippen molar-refractivity contribution in [2.24, 2.45) is 0 Å². The molecule has 0 fully saturated rings. The van der Waals surface area contributed by atoms with Crippen LogP contribution in [0, 0.1) is 32.8 Å². The van der Waals surface area contributed by atoms with Crippen molar-refractivity contribution in [2.45, 2.75) is 12.2 Å². The lowest BCUT2D eigenvalue weighted by molar-refractivity contribution is -0.385. The van der Waals surface area contributed by atoms with E-state index in [9.17, 15) is 15.2 Å². The summed E-state index contributed by atoms with van der Waals surface area (Å²) in [5.74, 6) is 0. The number of pyridine rings is 1. The number of aliphatic hydroxyl groups excluding tert-OH is 2. The topological polar surface area (TPSA) is 144 Å². The number of aliphatic hydroxyl groups is 2. The molecule has 1 rings (SSSR count). The Kier molecular flexibility index (Phi) is 3.67. The van der Waals surface area contributed by atoms with Crippen molar-refractivity contribution in [1.29, 1.82) is 10.5 Å². The van der Waals surface area contributed by atoms with Crippen LogP contribution in [0.15, 0.2) is 12.3 Å². The summed E-state index contributed by atoms with van der Waals surface area (Å²) in [6.07, 6.45) is -2.33. The third-order valence-electron chi connectivity index (χ3n) is 1.96. The summed E-state index contributed by atoms with van der Waals surface area (Å²) in [5.41, 5.74) is -1.10. The van der Waals surface area contributed by atoms with Crippen LogP contribution in [-0.2, 0) is 0 Å². The number of hydrogen-bond donors (Lipinski definition) is 2. The van der Waals surface area contributed by atoms with Gasteiger partial charge in [-0.25, -0.2) is 4.98 Å². The van der Waals surface area contributed by atoms with E-state index in [1.54, 1.807) is 0 Å². The third-order valence-corrected chi connectivity index (χ3v) is 1.96. The fraction of sp³-hybridized carbons (Fsp3) is 0.222. The molecule has 8 nitrogen and oxygen atoms in total. The maximum absolute atomic E-state index is 10.6. The van der Waals surface area contributed by atoms with Crippen LogP contribution in [0.5, 0.6) is 0 Å². The van der Waals surface area contributed by atoms with Gasteiger partial charge in [-0.05, 0) is 0 Å². The zero-order valence-electron chi connectivity index (χ0n) is 8.31. The SMILES string of the molecule is N#Cc1ncc(C(O)C(O)C#N)cc1[N+](=O)[O-]. The highest BCUT2D eigenvalue weighted by molar-refractivity contribution is 5.45. The van der Waals surface area contributed by atoms with E-state index in [1.807, 2.05) is 0 Å². The smallest absolute Gasteiger partial charge is 0.306 e. The molecule has 0 saturated heterocycles. The Morgan fingerprint density at radius 2 is 2.12 bits per heavy atom. The Morgan fingerprint density at radius 1 is 1.47 bits per heavy atom. The second kappa shape index (κ2) is 4.99. The van der Waals surface area contributed by atoms with Gasteiger partial charge in [0.15, 0.2) is 6.10 Å². The Labute approximate surface area is 95.1 Å². The monoisotopic (exact) mass is 234 g/mol. The van der Waals surface area contributed by atoms with Gasteiger partial charge in [-0.15, -0.1) is 0 Å². The second-order valence-electron chi connectivity index (χ2n) is 3.02. The standard InChI is InChI=1S/C9H6N4O4/c10-2-6-7(13(16)17)1-5(4-12-6)9(15)8(14)3-11/h1,4,8-9,14-15H. The molecule has 0 radical (unpaired) electrons. The Morgan fingerprint density at radius 3 is 2.59 bits per heavy atom. The van der Waals surface area contributed by atoms with Crippen molar-refractivity contribution in [1.82, 2.24) is 4.98 Å². The van der Waals surface area contributed by atoms with Gasteiger partial charge in [0.05, 0.1) is 11.0 Å². The summed E-state index contributed by atoms with van der Waals surface area (Å²) in [5, 5.41) is 46.1. The average Bonchev–Trinajstić information content (AvgIpc) is 2.35. The van der Waals surface area contributed by atoms with Crippen LogP contribution in [0.4, 0.5) is 5.69 Å². The summed E-state index contributed by atoms with van der Waals surface area (Å²) >= 11 is 0. The molecule has 0 amide bonds. The molecule has 8 heteroatoms. The highest BCUT2D eigenvalue weighted by Gasteiger charge is 2.23. The van der Waals surface area contributed by atoms with Gasteiger partial charge in [0, 0.05) is 17.8 Å². The lowest BCUT2D eigenvalue weighted by Gasteiger charge is -2.11. The van der Waals surface area contributed by atoms with E-state index >= 15 is 0 Å². The molecule has 1 aromatic heterocycles. The number of nitriles is 2. The van der Waals surface area contributed by atoms with E-state index in [0.717, 1.165) is 12.3 Å². The molecule has 2 atom stereocenters. The summed E-state index contributed by atoms with van der Waals surface area (Å²) in [6.45, 7) is 0. The number of aromatic nitrogens is 1. The molecule has 0 saturated carbocycles. The number of nitrogens with zero attached hydrogens (tertiary/aromatic N) is 4. The van der Waals surface area contributed by atoms with Crippen LogP contribution >= 0.6 is 0 Å². The van der Waals surface area contributed by atoms with Gasteiger partial charge in [-0.2, -0.15) is 10.5 Å². The third kappa shape index (κ3) is 2.52. The summed E-state index contributed by atoms with van der Waals surface area (Å²) in [7, 11) is 0. The molecule has 86 valence electrons. The maximum atomic E-state index is 10.6. The molecule has 0 aliphatic heterocycles. The molecular weight excluding hydrogens is 228 g/mol. The molecular formula is C9H6N4O4. The minimum absolute atomic E-state index is 0.107. The minimum atomic E-state index is -1.72. The van der Waals surface area contributed by atoms with Crippen molar-refractivity contribution in [3.63, 3.8) is 0 Å². The minimum Gasteiger partial charge on any atom is -0.384 e. The Hall–Kier alpha value is -2.55. The van der Waals surface area contributed by atoms with E-state index in [4.69, 9.17) is 15.6 Å². The molecule has 0 spiro atoms. The van der Waals surface area contributed by atoms with E-state index in [1.165, 1.54) is 12.1 Å². The summed E-state index contributed by atoms with van der Waals surface area (Å²) in [6, 6.07) is 3.81. The van der Waals surface area contributed by atoms with Gasteiger partial charge in [0.1, 0.15) is 12.2 Å². The number of nitro groups is 1. The fourth-order valence-electron chi connectivity index (χ4n) is 1.11. The second-order valence-corrected chi connectivity index (χ2v) is 3.02. The van der Waals surface area contributed by atoms with Crippen LogP contribution in [0.1, 0.15) is 17.4 Å². The first-order valence-electron chi connectivity index (χ1n) is 4.31. The largest absolute Gasteiger partial charge is 0.384 e. The normalized spacial score (nSPS) is 13.2. The van der Waals surface area contributed by atoms with Crippen molar-refractivity contribution in [2.75, 3.05) is 0 Å². The molecule has 1 heterocycles. The Bertz CT molecular complexity index is 531. The summed E-state index contributed by atoms with van der Waals surface area (Å²) < 4.78 is 0. The lowest BCUT2D eigenvalue weighted by Crippen LogP contribution is -2.16. The van der Waals surface area contributed by atoms with E-state index < -0.39 is 28.5 Å². The predicted octanol–water partition coefficient (Wildman–Crippen LogP) is -0.221. The average molecular weight is 234 g/mol. The molecule has 2 unspecified atom stereocenters. The zero-order chi connectivity index (χ0) is 13.0. The van der Waals surface area contributed by atoms with Gasteiger partial charge < -0.3 is 10.2 Å². The van der Waals surface area contributed by atoms with Crippen LogP contribution in [-0.4, -0.2) is 26.2 Å². The molecule has 0 aromatic carbocycles. The highest BCUT2D eigenvalue weighted by Crippen LogP contribution is 2.23. The molecule has 0 aliphatic rings. The van der Waals surface area contributed by atoms with E-state index in [2.05, 4.69) is 4.98 Å². The quantitative estimate of drug-likeness (QED) is 0.417. The van der Waals surface area contributed by atoms with E-state index in [0.29, 0.717) is 0 Å². The van der Waals surface area contributed by atoms with Gasteiger partial charge in [0.2, 0.25) is 5.69 Å². The van der Waals surface area contributed by atoms with Crippen LogP contribution in [0.3, 0.4) is 0 Å². The fourth-order valence-corrected chi connectivity index (χ4v) is 1.11. The summed E-state index contributed by atoms with van der Waals surface area (Å²) in [4.78, 5) is 13.2. The van der Waals surface area contributed by atoms with Crippen molar-refractivity contribution in [3.8, 4) is 12.1 Å². The van der Waals surface area contributed by atoms with Gasteiger partial charge in [-0.3, -0.25) is 10.1 Å². The molecule has 17 heavy (non-hydrogen) atoms. The molecule has 2 N–H and O–H groups in total. The first kappa shape index (κ1) is 12.5. The highest BCUT2D eigenvalue weighted by atomic mass is 16.6. The first-order chi connectivity index (χ1) is 8.01.